The molecule has 1 aromatic heterocycles. The van der Waals surface area contributed by atoms with Crippen LogP contribution in [0.3, 0.4) is 0 Å². The summed E-state index contributed by atoms with van der Waals surface area (Å²) < 4.78 is 5.08. The maximum atomic E-state index is 11.5. The van der Waals surface area contributed by atoms with Gasteiger partial charge in [0.15, 0.2) is 5.82 Å². The van der Waals surface area contributed by atoms with Gasteiger partial charge in [-0.25, -0.2) is 9.78 Å². The molecule has 0 aromatic carbocycles. The second-order valence-electron chi connectivity index (χ2n) is 4.11. The number of anilines is 1. The van der Waals surface area contributed by atoms with E-state index in [0.717, 1.165) is 6.20 Å². The molecule has 7 heteroatoms. The number of rotatable bonds is 3. The highest BCUT2D eigenvalue weighted by Crippen LogP contribution is 2.21. The highest BCUT2D eigenvalue weighted by atomic mass is 32.1. The van der Waals surface area contributed by atoms with Crippen molar-refractivity contribution < 1.29 is 9.53 Å². The fourth-order valence-corrected chi connectivity index (χ4v) is 1.59. The number of carbonyl (C=O) groups is 1. The third-order valence-corrected chi connectivity index (χ3v) is 2.30. The van der Waals surface area contributed by atoms with Crippen LogP contribution in [0, 0.1) is 4.91 Å². The molecule has 17 heavy (non-hydrogen) atoms. The van der Waals surface area contributed by atoms with Crippen LogP contribution in [0.25, 0.3) is 6.08 Å². The highest BCUT2D eigenvalue weighted by Gasteiger charge is 2.17. The minimum Gasteiger partial charge on any atom is -0.444 e. The van der Waals surface area contributed by atoms with E-state index in [-0.39, 0.29) is 0 Å². The fraction of sp³-hybridized carbons (Fsp3) is 0.400. The van der Waals surface area contributed by atoms with Crippen molar-refractivity contribution in [1.82, 2.24) is 4.98 Å². The zero-order valence-corrected chi connectivity index (χ0v) is 10.6. The van der Waals surface area contributed by atoms with Crippen LogP contribution >= 0.6 is 11.3 Å². The lowest BCUT2D eigenvalue weighted by atomic mass is 10.2. The summed E-state index contributed by atoms with van der Waals surface area (Å²) in [6, 6.07) is 0. The zero-order chi connectivity index (χ0) is 12.9. The first-order valence-electron chi connectivity index (χ1n) is 4.85. The van der Waals surface area contributed by atoms with E-state index < -0.39 is 11.7 Å². The van der Waals surface area contributed by atoms with Gasteiger partial charge in [0, 0.05) is 0 Å². The molecule has 6 nitrogen and oxygen atoms in total. The van der Waals surface area contributed by atoms with Crippen molar-refractivity contribution in [3.8, 4) is 0 Å². The Morgan fingerprint density at radius 2 is 2.29 bits per heavy atom. The predicted octanol–water partition coefficient (Wildman–Crippen LogP) is 3.23. The molecule has 0 unspecified atom stereocenters. The maximum Gasteiger partial charge on any atom is 0.413 e. The van der Waals surface area contributed by atoms with Crippen molar-refractivity contribution >= 4 is 29.3 Å². The van der Waals surface area contributed by atoms with E-state index in [9.17, 15) is 9.70 Å². The zero-order valence-electron chi connectivity index (χ0n) is 9.76. The molecule has 0 bridgehead atoms. The summed E-state index contributed by atoms with van der Waals surface area (Å²) in [6.07, 6.45) is 1.97. The summed E-state index contributed by atoms with van der Waals surface area (Å²) >= 11 is 1.28. The molecular weight excluding hydrogens is 242 g/mol. The van der Waals surface area contributed by atoms with E-state index in [2.05, 4.69) is 15.5 Å². The normalized spacial score (nSPS) is 11.5. The Labute approximate surface area is 103 Å². The van der Waals surface area contributed by atoms with Crippen molar-refractivity contribution in [3.05, 3.63) is 21.5 Å². The number of thiazole rings is 1. The van der Waals surface area contributed by atoms with Gasteiger partial charge in [-0.1, -0.05) is 0 Å². The number of hydrogen-bond acceptors (Lipinski definition) is 6. The number of nitrogens with zero attached hydrogens (tertiary/aromatic N) is 2. The summed E-state index contributed by atoms with van der Waals surface area (Å²) in [6.45, 7) is 5.31. The molecule has 0 fully saturated rings. The van der Waals surface area contributed by atoms with Gasteiger partial charge in [0.2, 0.25) is 0 Å². The van der Waals surface area contributed by atoms with Gasteiger partial charge in [0.05, 0.1) is 16.6 Å². The van der Waals surface area contributed by atoms with E-state index in [0.29, 0.717) is 10.7 Å². The first-order valence-corrected chi connectivity index (χ1v) is 5.73. The molecule has 0 atom stereocenters. The second-order valence-corrected chi connectivity index (χ2v) is 5.00. The molecule has 92 valence electrons. The minimum atomic E-state index is -0.586. The van der Waals surface area contributed by atoms with Crippen LogP contribution in [0.1, 0.15) is 25.6 Å². The number of carbonyl (C=O) groups excluding carboxylic acids is 1. The minimum absolute atomic E-state index is 0.351. The van der Waals surface area contributed by atoms with Crippen LogP contribution in [0.5, 0.6) is 0 Å². The Morgan fingerprint density at radius 1 is 1.59 bits per heavy atom. The first-order chi connectivity index (χ1) is 7.92. The quantitative estimate of drug-likeness (QED) is 0.841. The highest BCUT2D eigenvalue weighted by molar-refractivity contribution is 7.11. The predicted molar refractivity (Wildman–Crippen MR) is 66.8 cm³/mol. The Morgan fingerprint density at radius 3 is 2.88 bits per heavy atom. The van der Waals surface area contributed by atoms with Crippen LogP contribution < -0.4 is 5.32 Å². The van der Waals surface area contributed by atoms with Crippen molar-refractivity contribution in [2.24, 2.45) is 5.18 Å². The molecule has 0 spiro atoms. The number of nitrogens with one attached hydrogen (secondary N) is 1. The van der Waals surface area contributed by atoms with E-state index in [1.54, 1.807) is 26.3 Å². The number of aromatic nitrogens is 1. The lowest BCUT2D eigenvalue weighted by molar-refractivity contribution is 0.0635. The standard InChI is InChI=1S/C10H13N3O3S/c1-10(2,3)16-9(14)13-8-7(4-5-12-15)17-6-11-8/h4-6H,1-3H3,(H,13,14)/b5-4+. The summed E-state index contributed by atoms with van der Waals surface area (Å²) in [5, 5.41) is 5.09. The van der Waals surface area contributed by atoms with Crippen molar-refractivity contribution in [2.75, 3.05) is 5.32 Å². The summed E-state index contributed by atoms with van der Waals surface area (Å²) in [5.74, 6) is 0.351. The van der Waals surface area contributed by atoms with Gasteiger partial charge in [0.1, 0.15) is 5.60 Å². The molecule has 1 aromatic rings. The SMILES string of the molecule is CC(C)(C)OC(=O)Nc1ncsc1/C=C/N=O. The molecule has 0 saturated carbocycles. The lowest BCUT2D eigenvalue weighted by Gasteiger charge is -2.19. The third kappa shape index (κ3) is 4.73. The van der Waals surface area contributed by atoms with Gasteiger partial charge >= 0.3 is 6.09 Å². The summed E-state index contributed by atoms with van der Waals surface area (Å²) in [7, 11) is 0. The molecule has 1 rings (SSSR count). The first kappa shape index (κ1) is 13.3. The largest absolute Gasteiger partial charge is 0.444 e. The second kappa shape index (κ2) is 5.53. The van der Waals surface area contributed by atoms with Gasteiger partial charge in [-0.05, 0) is 32.0 Å². The molecule has 1 heterocycles. The molecular formula is C10H13N3O3S. The Balaban J connectivity index is 2.69. The molecule has 1 amide bonds. The number of nitroso groups, excluding NO2 is 1. The van der Waals surface area contributed by atoms with Gasteiger partial charge in [-0.3, -0.25) is 5.32 Å². The average Bonchev–Trinajstić information content (AvgIpc) is 2.59. The molecule has 0 aliphatic carbocycles. The fourth-order valence-electron chi connectivity index (χ4n) is 0.966. The summed E-state index contributed by atoms with van der Waals surface area (Å²) in [5.41, 5.74) is 0.984. The average molecular weight is 255 g/mol. The van der Waals surface area contributed by atoms with E-state index in [1.807, 2.05) is 0 Å². The number of ether oxygens (including phenoxy) is 1. The maximum absolute atomic E-state index is 11.5. The number of amides is 1. The van der Waals surface area contributed by atoms with Crippen molar-refractivity contribution in [1.29, 1.82) is 0 Å². The molecule has 1 N–H and O–H groups in total. The van der Waals surface area contributed by atoms with Gasteiger partial charge in [-0.15, -0.1) is 16.2 Å². The Kier molecular flexibility index (Phi) is 4.33. The monoisotopic (exact) mass is 255 g/mol. The smallest absolute Gasteiger partial charge is 0.413 e. The Bertz CT molecular complexity index is 434. The van der Waals surface area contributed by atoms with Crippen molar-refractivity contribution in [2.45, 2.75) is 26.4 Å². The summed E-state index contributed by atoms with van der Waals surface area (Å²) in [4.78, 5) is 26.0. The lowest BCUT2D eigenvalue weighted by Crippen LogP contribution is -2.27. The molecule has 0 aliphatic heterocycles. The van der Waals surface area contributed by atoms with Gasteiger partial charge in [0.25, 0.3) is 0 Å². The van der Waals surface area contributed by atoms with Crippen LogP contribution in [0.15, 0.2) is 16.9 Å². The van der Waals surface area contributed by atoms with Crippen LogP contribution in [-0.2, 0) is 4.74 Å². The van der Waals surface area contributed by atoms with Gasteiger partial charge < -0.3 is 4.74 Å². The topological polar surface area (TPSA) is 80.7 Å². The van der Waals surface area contributed by atoms with Crippen LogP contribution in [-0.4, -0.2) is 16.7 Å². The molecule has 0 saturated heterocycles. The Hall–Kier alpha value is -1.76. The van der Waals surface area contributed by atoms with Crippen LogP contribution in [0.2, 0.25) is 0 Å². The van der Waals surface area contributed by atoms with E-state index >= 15 is 0 Å². The molecule has 0 radical (unpaired) electrons. The van der Waals surface area contributed by atoms with Crippen LogP contribution in [0.4, 0.5) is 10.6 Å². The number of hydrogen-bond donors (Lipinski definition) is 1. The van der Waals surface area contributed by atoms with E-state index in [4.69, 9.17) is 4.74 Å². The van der Waals surface area contributed by atoms with E-state index in [1.165, 1.54) is 17.4 Å². The van der Waals surface area contributed by atoms with Crippen molar-refractivity contribution in [3.63, 3.8) is 0 Å². The molecule has 0 aliphatic rings. The van der Waals surface area contributed by atoms with Gasteiger partial charge in [-0.2, -0.15) is 0 Å². The third-order valence-electron chi connectivity index (χ3n) is 1.50.